The van der Waals surface area contributed by atoms with Crippen LogP contribution < -0.4 is 5.73 Å². The van der Waals surface area contributed by atoms with E-state index in [9.17, 15) is 0 Å². The monoisotopic (exact) mass is 280 g/mol. The van der Waals surface area contributed by atoms with Crippen molar-refractivity contribution in [1.29, 1.82) is 0 Å². The number of nitrogens with zero attached hydrogens (tertiary/aromatic N) is 2. The van der Waals surface area contributed by atoms with Gasteiger partial charge in [0, 0.05) is 6.42 Å². The summed E-state index contributed by atoms with van der Waals surface area (Å²) in [5.41, 5.74) is 9.98. The Labute approximate surface area is 119 Å². The fraction of sp³-hybridized carbons (Fsp3) is 0.0667. The molecule has 0 saturated heterocycles. The van der Waals surface area contributed by atoms with Crippen molar-refractivity contribution < 1.29 is 0 Å². The predicted octanol–water partition coefficient (Wildman–Crippen LogP) is 3.35. The number of fused-ring (bicyclic) bond motifs is 2. The van der Waals surface area contributed by atoms with Crippen molar-refractivity contribution >= 4 is 37.7 Å². The summed E-state index contributed by atoms with van der Waals surface area (Å²) < 4.78 is 1.12. The van der Waals surface area contributed by atoms with E-state index in [2.05, 4.69) is 27.1 Å². The van der Waals surface area contributed by atoms with Crippen LogP contribution in [0.25, 0.3) is 21.3 Å². The summed E-state index contributed by atoms with van der Waals surface area (Å²) in [6, 6.07) is 14.3. The van der Waals surface area contributed by atoms with Gasteiger partial charge in [-0.1, -0.05) is 29.5 Å². The molecule has 20 heavy (non-hydrogen) atoms. The maximum absolute atomic E-state index is 5.73. The molecule has 0 aliphatic carbocycles. The van der Waals surface area contributed by atoms with Gasteiger partial charge in [0.15, 0.2) is 5.13 Å². The predicted molar refractivity (Wildman–Crippen MR) is 82.9 cm³/mol. The van der Waals surface area contributed by atoms with Crippen LogP contribution in [0.15, 0.2) is 42.5 Å². The molecule has 0 radical (unpaired) electrons. The molecule has 0 unspecified atom stereocenters. The second-order valence-corrected chi connectivity index (χ2v) is 5.79. The summed E-state index contributed by atoms with van der Waals surface area (Å²) in [5.74, 6) is 0.975. The molecular weight excluding hydrogens is 268 g/mol. The highest BCUT2D eigenvalue weighted by Crippen LogP contribution is 2.25. The molecular formula is C15H12N4S. The lowest BCUT2D eigenvalue weighted by molar-refractivity contribution is 1.04. The number of anilines is 1. The van der Waals surface area contributed by atoms with Crippen LogP contribution in [-0.2, 0) is 6.42 Å². The Balaban J connectivity index is 1.72. The molecule has 2 heterocycles. The Hall–Kier alpha value is -2.40. The van der Waals surface area contributed by atoms with E-state index in [1.165, 1.54) is 16.9 Å². The number of hydrogen-bond acceptors (Lipinski definition) is 4. The summed E-state index contributed by atoms with van der Waals surface area (Å²) in [6.07, 6.45) is 0.780. The Morgan fingerprint density at radius 3 is 2.85 bits per heavy atom. The molecule has 4 rings (SSSR count). The Bertz CT molecular complexity index is 873. The molecule has 0 fully saturated rings. The highest BCUT2D eigenvalue weighted by molar-refractivity contribution is 7.22. The molecule has 4 nitrogen and oxygen atoms in total. The van der Waals surface area contributed by atoms with Gasteiger partial charge in [-0.05, 0) is 29.8 Å². The van der Waals surface area contributed by atoms with Crippen LogP contribution in [0.2, 0.25) is 0 Å². The number of para-hydroxylation sites is 2. The summed E-state index contributed by atoms with van der Waals surface area (Å²) in [6.45, 7) is 0. The first kappa shape index (κ1) is 11.4. The summed E-state index contributed by atoms with van der Waals surface area (Å²) in [4.78, 5) is 12.2. The van der Waals surface area contributed by atoms with Gasteiger partial charge in [-0.3, -0.25) is 0 Å². The van der Waals surface area contributed by atoms with E-state index >= 15 is 0 Å². The van der Waals surface area contributed by atoms with Crippen molar-refractivity contribution in [1.82, 2.24) is 15.0 Å². The van der Waals surface area contributed by atoms with Crippen LogP contribution in [0.3, 0.4) is 0 Å². The van der Waals surface area contributed by atoms with Gasteiger partial charge in [0.2, 0.25) is 0 Å². The Morgan fingerprint density at radius 2 is 1.95 bits per heavy atom. The van der Waals surface area contributed by atoms with Gasteiger partial charge in [-0.15, -0.1) is 0 Å². The molecule has 0 saturated carbocycles. The van der Waals surface area contributed by atoms with E-state index in [-0.39, 0.29) is 0 Å². The zero-order chi connectivity index (χ0) is 13.5. The molecule has 0 atom stereocenters. The number of hydrogen-bond donors (Lipinski definition) is 2. The number of aromatic amines is 1. The normalized spacial score (nSPS) is 11.4. The zero-order valence-corrected chi connectivity index (χ0v) is 11.4. The van der Waals surface area contributed by atoms with Gasteiger partial charge in [-0.2, -0.15) is 0 Å². The second kappa shape index (κ2) is 4.31. The van der Waals surface area contributed by atoms with Crippen molar-refractivity contribution in [2.75, 3.05) is 5.73 Å². The minimum atomic E-state index is 0.612. The van der Waals surface area contributed by atoms with Gasteiger partial charge < -0.3 is 10.7 Å². The molecule has 2 aromatic carbocycles. The standard InChI is InChI=1S/C15H12N4S/c16-15-19-12-6-5-9(7-13(12)20-15)8-14-17-10-3-1-2-4-11(10)18-14/h1-7H,8H2,(H2,16,19)(H,17,18). The van der Waals surface area contributed by atoms with Gasteiger partial charge in [0.1, 0.15) is 5.82 Å². The third kappa shape index (κ3) is 1.92. The molecule has 0 aliphatic rings. The minimum Gasteiger partial charge on any atom is -0.375 e. The Morgan fingerprint density at radius 1 is 1.05 bits per heavy atom. The molecule has 0 aliphatic heterocycles. The average Bonchev–Trinajstić information content (AvgIpc) is 2.99. The molecule has 4 aromatic rings. The van der Waals surface area contributed by atoms with E-state index in [0.29, 0.717) is 5.13 Å². The second-order valence-electron chi connectivity index (χ2n) is 4.73. The fourth-order valence-electron chi connectivity index (χ4n) is 2.38. The zero-order valence-electron chi connectivity index (χ0n) is 10.6. The third-order valence-corrected chi connectivity index (χ3v) is 4.13. The number of nitrogens with one attached hydrogen (secondary N) is 1. The van der Waals surface area contributed by atoms with Crippen LogP contribution in [-0.4, -0.2) is 15.0 Å². The van der Waals surface area contributed by atoms with Crippen molar-refractivity contribution in [3.05, 3.63) is 53.9 Å². The molecule has 5 heteroatoms. The van der Waals surface area contributed by atoms with E-state index in [1.807, 2.05) is 30.3 Å². The molecule has 0 amide bonds. The largest absolute Gasteiger partial charge is 0.375 e. The van der Waals surface area contributed by atoms with E-state index < -0.39 is 0 Å². The number of H-pyrrole nitrogens is 1. The van der Waals surface area contributed by atoms with Crippen LogP contribution in [0.4, 0.5) is 5.13 Å². The number of benzene rings is 2. The van der Waals surface area contributed by atoms with Crippen LogP contribution in [0, 0.1) is 0 Å². The van der Waals surface area contributed by atoms with E-state index in [0.717, 1.165) is 33.5 Å². The lowest BCUT2D eigenvalue weighted by Gasteiger charge is -1.97. The van der Waals surface area contributed by atoms with Crippen LogP contribution in [0.5, 0.6) is 0 Å². The summed E-state index contributed by atoms with van der Waals surface area (Å²) in [7, 11) is 0. The number of nitrogens with two attached hydrogens (primary N) is 1. The molecule has 0 bridgehead atoms. The Kier molecular flexibility index (Phi) is 2.47. The fourth-order valence-corrected chi connectivity index (χ4v) is 3.18. The molecule has 0 spiro atoms. The number of imidazole rings is 1. The van der Waals surface area contributed by atoms with Crippen molar-refractivity contribution in [3.8, 4) is 0 Å². The average molecular weight is 280 g/mol. The van der Waals surface area contributed by atoms with Gasteiger partial charge >= 0.3 is 0 Å². The number of aromatic nitrogens is 3. The van der Waals surface area contributed by atoms with Gasteiger partial charge in [0.25, 0.3) is 0 Å². The molecule has 2 aromatic heterocycles. The smallest absolute Gasteiger partial charge is 0.181 e. The lowest BCUT2D eigenvalue weighted by Crippen LogP contribution is -1.90. The molecule has 98 valence electrons. The van der Waals surface area contributed by atoms with Gasteiger partial charge in [-0.25, -0.2) is 9.97 Å². The van der Waals surface area contributed by atoms with E-state index in [1.54, 1.807) is 0 Å². The van der Waals surface area contributed by atoms with Gasteiger partial charge in [0.05, 0.1) is 21.3 Å². The summed E-state index contributed by atoms with van der Waals surface area (Å²) >= 11 is 1.52. The first-order valence-corrected chi connectivity index (χ1v) is 7.18. The van der Waals surface area contributed by atoms with E-state index in [4.69, 9.17) is 5.73 Å². The highest BCUT2D eigenvalue weighted by atomic mass is 32.1. The topological polar surface area (TPSA) is 67.6 Å². The number of nitrogen functional groups attached to an aromatic ring is 1. The van der Waals surface area contributed by atoms with Crippen molar-refractivity contribution in [2.24, 2.45) is 0 Å². The highest BCUT2D eigenvalue weighted by Gasteiger charge is 2.06. The lowest BCUT2D eigenvalue weighted by atomic mass is 10.1. The summed E-state index contributed by atoms with van der Waals surface area (Å²) in [5, 5.41) is 0.612. The minimum absolute atomic E-state index is 0.612. The maximum atomic E-state index is 5.73. The number of thiazole rings is 1. The number of rotatable bonds is 2. The first-order chi connectivity index (χ1) is 9.78. The maximum Gasteiger partial charge on any atom is 0.181 e. The molecule has 3 N–H and O–H groups in total. The SMILES string of the molecule is Nc1nc2ccc(Cc3nc4ccccc4[nH]3)cc2s1. The quantitative estimate of drug-likeness (QED) is 0.591. The van der Waals surface area contributed by atoms with Crippen molar-refractivity contribution in [3.63, 3.8) is 0 Å². The first-order valence-electron chi connectivity index (χ1n) is 6.36. The van der Waals surface area contributed by atoms with Crippen LogP contribution in [0.1, 0.15) is 11.4 Å². The van der Waals surface area contributed by atoms with Crippen LogP contribution >= 0.6 is 11.3 Å². The van der Waals surface area contributed by atoms with Crippen molar-refractivity contribution in [2.45, 2.75) is 6.42 Å². The third-order valence-electron chi connectivity index (χ3n) is 3.28.